The van der Waals surface area contributed by atoms with E-state index in [1.165, 1.54) is 26.0 Å². The van der Waals surface area contributed by atoms with Gasteiger partial charge in [-0.3, -0.25) is 0 Å². The number of benzene rings is 1. The summed E-state index contributed by atoms with van der Waals surface area (Å²) in [6, 6.07) is 5.29. The Morgan fingerprint density at radius 3 is 2.50 bits per heavy atom. The fourth-order valence-electron chi connectivity index (χ4n) is 2.25. The van der Waals surface area contributed by atoms with Crippen LogP contribution in [0, 0.1) is 5.92 Å². The molecule has 6 heteroatoms. The summed E-state index contributed by atoms with van der Waals surface area (Å²) in [5.74, 6) is 0.748. The second kappa shape index (κ2) is 5.61. The molecule has 1 aromatic rings. The zero-order valence-electron chi connectivity index (χ0n) is 12.3. The van der Waals surface area contributed by atoms with Gasteiger partial charge in [0.1, 0.15) is 0 Å². The predicted octanol–water partition coefficient (Wildman–Crippen LogP) is 1.80. The molecule has 0 heterocycles. The SMILES string of the molecule is CNS(=O)(=O)c1ccc(N(CC2CC2)C(C)C)c(N)c1. The smallest absolute Gasteiger partial charge is 0.240 e. The van der Waals surface area contributed by atoms with Crippen LogP contribution in [0.25, 0.3) is 0 Å². The molecule has 0 spiro atoms. The molecule has 0 radical (unpaired) electrons. The summed E-state index contributed by atoms with van der Waals surface area (Å²) < 4.78 is 25.9. The molecule has 20 heavy (non-hydrogen) atoms. The molecule has 1 aliphatic carbocycles. The molecule has 0 aromatic heterocycles. The molecule has 0 amide bonds. The zero-order valence-corrected chi connectivity index (χ0v) is 13.1. The molecule has 5 nitrogen and oxygen atoms in total. The first-order valence-corrected chi connectivity index (χ1v) is 8.43. The first kappa shape index (κ1) is 15.1. The highest BCUT2D eigenvalue weighted by molar-refractivity contribution is 7.89. The summed E-state index contributed by atoms with van der Waals surface area (Å²) in [7, 11) is -2.05. The molecule has 1 aromatic carbocycles. The first-order valence-electron chi connectivity index (χ1n) is 6.95. The third-order valence-corrected chi connectivity index (χ3v) is 5.07. The molecule has 0 atom stereocenters. The van der Waals surface area contributed by atoms with E-state index in [1.807, 2.05) is 6.07 Å². The first-order chi connectivity index (χ1) is 9.35. The van der Waals surface area contributed by atoms with Crippen LogP contribution in [0.5, 0.6) is 0 Å². The minimum absolute atomic E-state index is 0.205. The van der Waals surface area contributed by atoms with E-state index < -0.39 is 10.0 Å². The molecule has 0 saturated heterocycles. The highest BCUT2D eigenvalue weighted by Gasteiger charge is 2.27. The van der Waals surface area contributed by atoms with Gasteiger partial charge in [0.25, 0.3) is 0 Å². The summed E-state index contributed by atoms with van der Waals surface area (Å²) >= 11 is 0. The van der Waals surface area contributed by atoms with Crippen molar-refractivity contribution in [3.63, 3.8) is 0 Å². The van der Waals surface area contributed by atoms with Crippen molar-refractivity contribution in [2.45, 2.75) is 37.6 Å². The summed E-state index contributed by atoms with van der Waals surface area (Å²) in [5, 5.41) is 0. The van der Waals surface area contributed by atoms with Crippen LogP contribution in [0.1, 0.15) is 26.7 Å². The van der Waals surface area contributed by atoms with Crippen LogP contribution >= 0.6 is 0 Å². The van der Waals surface area contributed by atoms with E-state index in [4.69, 9.17) is 5.73 Å². The maximum atomic E-state index is 11.8. The molecule has 0 unspecified atom stereocenters. The van der Waals surface area contributed by atoms with Gasteiger partial charge in [-0.25, -0.2) is 13.1 Å². The van der Waals surface area contributed by atoms with Crippen LogP contribution < -0.4 is 15.4 Å². The Labute approximate surface area is 121 Å². The van der Waals surface area contributed by atoms with Crippen LogP contribution in [0.4, 0.5) is 11.4 Å². The van der Waals surface area contributed by atoms with Crippen molar-refractivity contribution in [1.29, 1.82) is 0 Å². The normalized spacial score (nSPS) is 15.6. The molecule has 2 rings (SSSR count). The Kier molecular flexibility index (Phi) is 4.25. The van der Waals surface area contributed by atoms with Gasteiger partial charge in [-0.2, -0.15) is 0 Å². The minimum Gasteiger partial charge on any atom is -0.397 e. The van der Waals surface area contributed by atoms with E-state index in [0.717, 1.165) is 18.2 Å². The molecule has 3 N–H and O–H groups in total. The second-order valence-corrected chi connectivity index (χ2v) is 7.50. The van der Waals surface area contributed by atoms with Crippen LogP contribution in [0.3, 0.4) is 0 Å². The Balaban J connectivity index is 2.32. The van der Waals surface area contributed by atoms with Crippen molar-refractivity contribution >= 4 is 21.4 Å². The van der Waals surface area contributed by atoms with Gasteiger partial charge >= 0.3 is 0 Å². The predicted molar refractivity (Wildman–Crippen MR) is 82.3 cm³/mol. The number of nitrogens with two attached hydrogens (primary N) is 1. The summed E-state index contributed by atoms with van der Waals surface area (Å²) in [4.78, 5) is 2.46. The van der Waals surface area contributed by atoms with Gasteiger partial charge in [0.2, 0.25) is 10.0 Å². The summed E-state index contributed by atoms with van der Waals surface area (Å²) in [5.41, 5.74) is 7.50. The Morgan fingerprint density at radius 1 is 1.40 bits per heavy atom. The van der Waals surface area contributed by atoms with Crippen molar-refractivity contribution in [3.05, 3.63) is 18.2 Å². The molecule has 0 bridgehead atoms. The van der Waals surface area contributed by atoms with Crippen molar-refractivity contribution in [2.24, 2.45) is 5.92 Å². The van der Waals surface area contributed by atoms with E-state index in [-0.39, 0.29) is 4.90 Å². The highest BCUT2D eigenvalue weighted by Crippen LogP contribution is 2.34. The van der Waals surface area contributed by atoms with Crippen molar-refractivity contribution in [3.8, 4) is 0 Å². The van der Waals surface area contributed by atoms with Gasteiger partial charge in [-0.05, 0) is 57.9 Å². The van der Waals surface area contributed by atoms with Gasteiger partial charge < -0.3 is 10.6 Å². The number of anilines is 2. The molecule has 0 aliphatic heterocycles. The Morgan fingerprint density at radius 2 is 2.05 bits per heavy atom. The van der Waals surface area contributed by atoms with E-state index in [1.54, 1.807) is 6.07 Å². The molecular weight excluding hydrogens is 274 g/mol. The summed E-state index contributed by atoms with van der Waals surface area (Å²) in [6.07, 6.45) is 2.55. The molecule has 1 saturated carbocycles. The fourth-order valence-corrected chi connectivity index (χ4v) is 3.01. The fraction of sp³-hybridized carbons (Fsp3) is 0.571. The number of sulfonamides is 1. The van der Waals surface area contributed by atoms with Gasteiger partial charge in [0.05, 0.1) is 16.3 Å². The lowest BCUT2D eigenvalue weighted by Gasteiger charge is -2.30. The van der Waals surface area contributed by atoms with E-state index in [0.29, 0.717) is 11.7 Å². The molecular formula is C14H23N3O2S. The van der Waals surface area contributed by atoms with E-state index in [2.05, 4.69) is 23.5 Å². The van der Waals surface area contributed by atoms with Gasteiger partial charge in [0.15, 0.2) is 0 Å². The van der Waals surface area contributed by atoms with Gasteiger partial charge in [-0.1, -0.05) is 0 Å². The average Bonchev–Trinajstić information content (AvgIpc) is 3.20. The van der Waals surface area contributed by atoms with Crippen LogP contribution in [-0.4, -0.2) is 28.1 Å². The van der Waals surface area contributed by atoms with Crippen LogP contribution in [0.2, 0.25) is 0 Å². The standard InChI is InChI=1S/C14H23N3O2S/c1-10(2)17(9-11-4-5-11)14-7-6-12(8-13(14)15)20(18,19)16-3/h6-8,10-11,16H,4-5,9,15H2,1-3H3. The number of nitrogens with one attached hydrogen (secondary N) is 1. The number of hydrogen-bond donors (Lipinski definition) is 2. The van der Waals surface area contributed by atoms with E-state index >= 15 is 0 Å². The number of rotatable bonds is 6. The minimum atomic E-state index is -3.44. The molecule has 1 aliphatic rings. The third kappa shape index (κ3) is 3.24. The number of nitrogen functional groups attached to an aromatic ring is 1. The monoisotopic (exact) mass is 297 g/mol. The number of hydrogen-bond acceptors (Lipinski definition) is 4. The lowest BCUT2D eigenvalue weighted by Crippen LogP contribution is -2.33. The molecule has 1 fully saturated rings. The van der Waals surface area contributed by atoms with Gasteiger partial charge in [-0.15, -0.1) is 0 Å². The van der Waals surface area contributed by atoms with Gasteiger partial charge in [0, 0.05) is 12.6 Å². The Bertz CT molecular complexity index is 580. The maximum Gasteiger partial charge on any atom is 0.240 e. The van der Waals surface area contributed by atoms with Crippen LogP contribution in [-0.2, 0) is 10.0 Å². The maximum absolute atomic E-state index is 11.8. The van der Waals surface area contributed by atoms with E-state index in [9.17, 15) is 8.42 Å². The lowest BCUT2D eigenvalue weighted by molar-refractivity contribution is 0.588. The molecule has 112 valence electrons. The zero-order chi connectivity index (χ0) is 14.9. The largest absolute Gasteiger partial charge is 0.397 e. The highest BCUT2D eigenvalue weighted by atomic mass is 32.2. The number of nitrogens with zero attached hydrogens (tertiary/aromatic N) is 1. The second-order valence-electron chi connectivity index (χ2n) is 5.62. The van der Waals surface area contributed by atoms with Crippen LogP contribution in [0.15, 0.2) is 23.1 Å². The summed E-state index contributed by atoms with van der Waals surface area (Å²) in [6.45, 7) is 5.24. The lowest BCUT2D eigenvalue weighted by atomic mass is 10.2. The van der Waals surface area contributed by atoms with Crippen molar-refractivity contribution < 1.29 is 8.42 Å². The third-order valence-electron chi connectivity index (χ3n) is 3.66. The Hall–Kier alpha value is -1.27. The quantitative estimate of drug-likeness (QED) is 0.785. The average molecular weight is 297 g/mol. The van der Waals surface area contributed by atoms with Crippen molar-refractivity contribution in [2.75, 3.05) is 24.2 Å². The van der Waals surface area contributed by atoms with Crippen molar-refractivity contribution in [1.82, 2.24) is 4.72 Å². The topological polar surface area (TPSA) is 75.4 Å².